The fraction of sp³-hybridized carbons (Fsp3) is 0.267. The van der Waals surface area contributed by atoms with Crippen LogP contribution in [0.25, 0.3) is 0 Å². The lowest BCUT2D eigenvalue weighted by Crippen LogP contribution is -2.02. The molecule has 0 aliphatic carbocycles. The third-order valence-corrected chi connectivity index (χ3v) is 2.98. The van der Waals surface area contributed by atoms with Gasteiger partial charge in [-0.25, -0.2) is 0 Å². The molecule has 0 radical (unpaired) electrons. The van der Waals surface area contributed by atoms with Crippen LogP contribution in [-0.4, -0.2) is 31.4 Å². The third kappa shape index (κ3) is 3.00. The van der Waals surface area contributed by atoms with Crippen molar-refractivity contribution in [1.29, 1.82) is 0 Å². The average molecular weight is 275 g/mol. The number of hydrogen-bond donors (Lipinski definition) is 1. The van der Waals surface area contributed by atoms with Crippen molar-refractivity contribution in [2.45, 2.75) is 6.10 Å². The minimum absolute atomic E-state index is 0.594. The number of nitrogens with zero attached hydrogens (tertiary/aromatic N) is 1. The van der Waals surface area contributed by atoms with Crippen LogP contribution in [0, 0.1) is 0 Å². The van der Waals surface area contributed by atoms with Gasteiger partial charge in [-0.2, -0.15) is 0 Å². The predicted molar refractivity (Wildman–Crippen MR) is 74.4 cm³/mol. The molecule has 1 heterocycles. The fourth-order valence-electron chi connectivity index (χ4n) is 1.88. The van der Waals surface area contributed by atoms with Crippen molar-refractivity contribution in [1.82, 2.24) is 4.98 Å². The van der Waals surface area contributed by atoms with Crippen LogP contribution in [0.4, 0.5) is 0 Å². The Labute approximate surface area is 117 Å². The Morgan fingerprint density at radius 2 is 1.35 bits per heavy atom. The second kappa shape index (κ2) is 6.25. The van der Waals surface area contributed by atoms with Crippen molar-refractivity contribution in [2.24, 2.45) is 0 Å². The molecule has 0 aliphatic rings. The second-order valence-corrected chi connectivity index (χ2v) is 4.21. The van der Waals surface area contributed by atoms with E-state index in [-0.39, 0.29) is 0 Å². The van der Waals surface area contributed by atoms with E-state index in [1.807, 2.05) is 0 Å². The van der Waals surface area contributed by atoms with E-state index in [1.54, 1.807) is 58.0 Å². The van der Waals surface area contributed by atoms with Crippen LogP contribution in [0.5, 0.6) is 17.2 Å². The molecule has 0 saturated carbocycles. The van der Waals surface area contributed by atoms with Crippen molar-refractivity contribution < 1.29 is 19.3 Å². The molecule has 0 fully saturated rings. The number of ether oxygens (including phenoxy) is 3. The van der Waals surface area contributed by atoms with Crippen molar-refractivity contribution >= 4 is 0 Å². The lowest BCUT2D eigenvalue weighted by Gasteiger charge is -2.14. The van der Waals surface area contributed by atoms with Crippen LogP contribution in [0.1, 0.15) is 17.2 Å². The number of pyridine rings is 1. The summed E-state index contributed by atoms with van der Waals surface area (Å²) in [4.78, 5) is 4.04. The van der Waals surface area contributed by atoms with Crippen molar-refractivity contribution in [3.8, 4) is 17.2 Å². The van der Waals surface area contributed by atoms with Gasteiger partial charge in [0, 0.05) is 17.8 Å². The van der Waals surface area contributed by atoms with Gasteiger partial charge in [-0.3, -0.25) is 4.98 Å². The smallest absolute Gasteiger partial charge is 0.137 e. The summed E-state index contributed by atoms with van der Waals surface area (Å²) in [6.45, 7) is 0. The highest BCUT2D eigenvalue weighted by Gasteiger charge is 2.14. The quantitative estimate of drug-likeness (QED) is 0.906. The maximum atomic E-state index is 10.4. The van der Waals surface area contributed by atoms with Crippen LogP contribution in [-0.2, 0) is 0 Å². The number of aromatic nitrogens is 1. The molecular weight excluding hydrogens is 258 g/mol. The van der Waals surface area contributed by atoms with Crippen molar-refractivity contribution in [3.05, 3.63) is 47.8 Å². The van der Waals surface area contributed by atoms with E-state index < -0.39 is 6.10 Å². The normalized spacial score (nSPS) is 11.8. The van der Waals surface area contributed by atoms with E-state index >= 15 is 0 Å². The third-order valence-electron chi connectivity index (χ3n) is 2.98. The zero-order chi connectivity index (χ0) is 14.5. The molecule has 5 heteroatoms. The summed E-state index contributed by atoms with van der Waals surface area (Å²) in [7, 11) is 4.69. The zero-order valence-corrected chi connectivity index (χ0v) is 11.7. The predicted octanol–water partition coefficient (Wildman–Crippen LogP) is 2.19. The summed E-state index contributed by atoms with van der Waals surface area (Å²) < 4.78 is 15.5. The SMILES string of the molecule is COc1cncc(C(O)c2cc(OC)cc(OC)c2)c1. The molecule has 1 atom stereocenters. The summed E-state index contributed by atoms with van der Waals surface area (Å²) in [6, 6.07) is 7.00. The standard InChI is InChI=1S/C15H17NO4/c1-18-12-4-10(5-13(7-12)19-2)15(17)11-6-14(20-3)9-16-8-11/h4-9,15,17H,1-3H3. The fourth-order valence-corrected chi connectivity index (χ4v) is 1.88. The van der Waals surface area contributed by atoms with Crippen molar-refractivity contribution in [3.63, 3.8) is 0 Å². The van der Waals surface area contributed by atoms with Gasteiger partial charge in [-0.05, 0) is 23.8 Å². The number of benzene rings is 1. The Morgan fingerprint density at radius 1 is 0.800 bits per heavy atom. The molecule has 0 aliphatic heterocycles. The van der Waals surface area contributed by atoms with Crippen molar-refractivity contribution in [2.75, 3.05) is 21.3 Å². The molecule has 2 rings (SSSR count). The number of methoxy groups -OCH3 is 3. The number of rotatable bonds is 5. The van der Waals surface area contributed by atoms with E-state index in [0.717, 1.165) is 0 Å². The first-order valence-corrected chi connectivity index (χ1v) is 6.08. The Hall–Kier alpha value is -2.27. The summed E-state index contributed by atoms with van der Waals surface area (Å²) in [5, 5.41) is 10.4. The van der Waals surface area contributed by atoms with E-state index in [1.165, 1.54) is 0 Å². The maximum Gasteiger partial charge on any atom is 0.137 e. The minimum atomic E-state index is -0.832. The number of hydrogen-bond acceptors (Lipinski definition) is 5. The molecule has 1 unspecified atom stereocenters. The molecule has 1 aromatic carbocycles. The molecule has 0 amide bonds. The Kier molecular flexibility index (Phi) is 4.42. The Morgan fingerprint density at radius 3 is 1.90 bits per heavy atom. The molecule has 2 aromatic rings. The van der Waals surface area contributed by atoms with Gasteiger partial charge in [-0.1, -0.05) is 0 Å². The van der Waals surface area contributed by atoms with E-state index in [4.69, 9.17) is 14.2 Å². The van der Waals surface area contributed by atoms with Gasteiger partial charge in [0.1, 0.15) is 23.4 Å². The highest BCUT2D eigenvalue weighted by molar-refractivity contribution is 5.42. The molecule has 20 heavy (non-hydrogen) atoms. The van der Waals surface area contributed by atoms with Gasteiger partial charge < -0.3 is 19.3 Å². The van der Waals surface area contributed by atoms with Gasteiger partial charge in [0.25, 0.3) is 0 Å². The van der Waals surface area contributed by atoms with E-state index in [0.29, 0.717) is 28.4 Å². The first-order valence-electron chi connectivity index (χ1n) is 6.08. The molecular formula is C15H17NO4. The topological polar surface area (TPSA) is 60.8 Å². The molecule has 1 aromatic heterocycles. The second-order valence-electron chi connectivity index (χ2n) is 4.21. The van der Waals surface area contributed by atoms with Crippen LogP contribution in [0.2, 0.25) is 0 Å². The lowest BCUT2D eigenvalue weighted by atomic mass is 10.0. The number of aliphatic hydroxyl groups is 1. The van der Waals surface area contributed by atoms with Gasteiger partial charge in [0.2, 0.25) is 0 Å². The van der Waals surface area contributed by atoms with Gasteiger partial charge in [0.05, 0.1) is 27.5 Å². The molecule has 0 spiro atoms. The number of aliphatic hydroxyl groups excluding tert-OH is 1. The summed E-state index contributed by atoms with van der Waals surface area (Å²) >= 11 is 0. The first kappa shape index (κ1) is 14.1. The lowest BCUT2D eigenvalue weighted by molar-refractivity contribution is 0.218. The van der Waals surface area contributed by atoms with Gasteiger partial charge in [-0.15, -0.1) is 0 Å². The molecule has 5 nitrogen and oxygen atoms in total. The van der Waals surface area contributed by atoms with Crippen LogP contribution in [0.15, 0.2) is 36.7 Å². The monoisotopic (exact) mass is 275 g/mol. The molecule has 0 saturated heterocycles. The zero-order valence-electron chi connectivity index (χ0n) is 11.7. The molecule has 0 bridgehead atoms. The Balaban J connectivity index is 2.38. The minimum Gasteiger partial charge on any atom is -0.497 e. The summed E-state index contributed by atoms with van der Waals surface area (Å²) in [5.41, 5.74) is 1.30. The van der Waals surface area contributed by atoms with Crippen LogP contribution >= 0.6 is 0 Å². The van der Waals surface area contributed by atoms with Gasteiger partial charge in [0.15, 0.2) is 0 Å². The highest BCUT2D eigenvalue weighted by Crippen LogP contribution is 2.30. The first-order chi connectivity index (χ1) is 9.67. The summed E-state index contributed by atoms with van der Waals surface area (Å²) in [6.07, 6.45) is 2.35. The largest absolute Gasteiger partial charge is 0.497 e. The highest BCUT2D eigenvalue weighted by atomic mass is 16.5. The molecule has 106 valence electrons. The summed E-state index contributed by atoms with van der Waals surface area (Å²) in [5.74, 6) is 1.83. The van der Waals surface area contributed by atoms with Crippen LogP contribution < -0.4 is 14.2 Å². The maximum absolute atomic E-state index is 10.4. The van der Waals surface area contributed by atoms with E-state index in [2.05, 4.69) is 4.98 Å². The Bertz CT molecular complexity index is 564. The van der Waals surface area contributed by atoms with Gasteiger partial charge >= 0.3 is 0 Å². The average Bonchev–Trinajstić information content (AvgIpc) is 2.53. The molecule has 1 N–H and O–H groups in total. The van der Waals surface area contributed by atoms with E-state index in [9.17, 15) is 5.11 Å². The van der Waals surface area contributed by atoms with Crippen LogP contribution in [0.3, 0.4) is 0 Å².